The van der Waals surface area contributed by atoms with E-state index in [0.29, 0.717) is 0 Å². The number of nitrogens with one attached hydrogen (secondary N) is 2. The van der Waals surface area contributed by atoms with Crippen LogP contribution in [0, 0.1) is 0 Å². The number of benzene rings is 1. The van der Waals surface area contributed by atoms with E-state index in [4.69, 9.17) is 23.7 Å². The number of anilines is 1. The Balaban J connectivity index is 2.57. The van der Waals surface area contributed by atoms with Gasteiger partial charge in [-0.15, -0.1) is 0 Å². The highest BCUT2D eigenvalue weighted by Gasteiger charge is 1.99. The first-order valence-corrected chi connectivity index (χ1v) is 4.75. The maximum atomic E-state index is 10.4. The number of carbonyl (C=O) groups is 1. The number of carbonyl (C=O) groups excluding carboxylic acids is 1. The monoisotopic (exact) mass is 237 g/mol. The van der Waals surface area contributed by atoms with Gasteiger partial charge in [-0.2, -0.15) is 4.99 Å². The second-order valence-electron chi connectivity index (χ2n) is 2.78. The topological polar surface area (TPSA) is 106 Å². The summed E-state index contributed by atoms with van der Waals surface area (Å²) < 4.78 is 0. The van der Waals surface area contributed by atoms with Crippen molar-refractivity contribution in [1.82, 2.24) is 5.32 Å². The molecule has 1 aromatic rings. The molecule has 0 atom stereocenters. The van der Waals surface area contributed by atoms with Gasteiger partial charge in [0.05, 0.1) is 0 Å². The van der Waals surface area contributed by atoms with Crippen LogP contribution in [0.2, 0.25) is 0 Å². The number of aliphatic imine (C=N–C) groups is 1. The van der Waals surface area contributed by atoms with Crippen molar-refractivity contribution < 1.29 is 4.79 Å². The third kappa shape index (κ3) is 4.38. The zero-order valence-corrected chi connectivity index (χ0v) is 9.12. The molecule has 0 bridgehead atoms. The van der Waals surface area contributed by atoms with Crippen molar-refractivity contribution in [1.29, 1.82) is 0 Å². The van der Waals surface area contributed by atoms with E-state index in [-0.39, 0.29) is 11.1 Å². The fourth-order valence-electron chi connectivity index (χ4n) is 0.936. The van der Waals surface area contributed by atoms with E-state index in [1.807, 2.05) is 30.3 Å². The maximum absolute atomic E-state index is 10.4. The van der Waals surface area contributed by atoms with Gasteiger partial charge in [0, 0.05) is 5.69 Å². The predicted molar refractivity (Wildman–Crippen MR) is 67.0 cm³/mol. The molecule has 7 heteroatoms. The zero-order chi connectivity index (χ0) is 12.0. The molecule has 0 saturated carbocycles. The number of para-hydroxylation sites is 1. The summed E-state index contributed by atoms with van der Waals surface area (Å²) in [5.74, 6) is -0.152. The summed E-state index contributed by atoms with van der Waals surface area (Å²) in [7, 11) is 0. The molecule has 0 aromatic heterocycles. The van der Waals surface area contributed by atoms with Crippen LogP contribution in [-0.2, 0) is 0 Å². The minimum atomic E-state index is -0.788. The van der Waals surface area contributed by atoms with E-state index >= 15 is 0 Å². The van der Waals surface area contributed by atoms with Gasteiger partial charge in [-0.3, -0.25) is 5.32 Å². The van der Waals surface area contributed by atoms with E-state index < -0.39 is 6.03 Å². The lowest BCUT2D eigenvalue weighted by Gasteiger charge is -2.04. The van der Waals surface area contributed by atoms with Crippen molar-refractivity contribution in [2.75, 3.05) is 5.32 Å². The summed E-state index contributed by atoms with van der Waals surface area (Å²) in [6, 6.07) is 8.42. The van der Waals surface area contributed by atoms with Crippen molar-refractivity contribution in [3.8, 4) is 0 Å². The van der Waals surface area contributed by atoms with E-state index in [0.717, 1.165) is 5.69 Å². The average molecular weight is 237 g/mol. The fourth-order valence-corrected chi connectivity index (χ4v) is 1.15. The zero-order valence-electron chi connectivity index (χ0n) is 8.31. The van der Waals surface area contributed by atoms with Gasteiger partial charge in [0.2, 0.25) is 11.1 Å². The third-order valence-corrected chi connectivity index (χ3v) is 1.69. The molecule has 1 aromatic carbocycles. The molecular formula is C9H11N5OS. The standard InChI is InChI=1S/C9H11N5OS/c10-7(13-8(11)15)14-9(16)12-6-4-2-1-3-5-6/h1-5H,(H6,10,11,12,13,14,15,16). The first kappa shape index (κ1) is 11.9. The van der Waals surface area contributed by atoms with Crippen LogP contribution in [0.4, 0.5) is 10.5 Å². The van der Waals surface area contributed by atoms with Gasteiger partial charge in [0.15, 0.2) is 0 Å². The fraction of sp³-hybridized carbons (Fsp3) is 0. The number of guanidine groups is 1. The SMILES string of the molecule is NC(=O)N/C(N)=N/C(=S)Nc1ccccc1. The Morgan fingerprint density at radius 2 is 1.88 bits per heavy atom. The summed E-state index contributed by atoms with van der Waals surface area (Å²) in [6.45, 7) is 0. The van der Waals surface area contributed by atoms with E-state index in [1.54, 1.807) is 0 Å². The third-order valence-electron chi connectivity index (χ3n) is 1.50. The number of primary amides is 1. The minimum absolute atomic E-state index is 0.137. The van der Waals surface area contributed by atoms with Gasteiger partial charge in [0.1, 0.15) is 0 Å². The maximum Gasteiger partial charge on any atom is 0.318 e. The molecule has 84 valence electrons. The number of hydrogen-bond acceptors (Lipinski definition) is 2. The lowest BCUT2D eigenvalue weighted by molar-refractivity contribution is 0.253. The smallest absolute Gasteiger partial charge is 0.318 e. The van der Waals surface area contributed by atoms with Crippen molar-refractivity contribution in [3.05, 3.63) is 30.3 Å². The molecule has 0 aliphatic heterocycles. The molecule has 6 N–H and O–H groups in total. The molecule has 2 amide bonds. The number of rotatable bonds is 1. The van der Waals surface area contributed by atoms with E-state index in [9.17, 15) is 4.79 Å². The van der Waals surface area contributed by atoms with Gasteiger partial charge in [0.25, 0.3) is 0 Å². The minimum Gasteiger partial charge on any atom is -0.369 e. The largest absolute Gasteiger partial charge is 0.369 e. The molecule has 0 heterocycles. The normalized spacial score (nSPS) is 10.6. The Bertz CT molecular complexity index is 417. The van der Waals surface area contributed by atoms with Crippen LogP contribution in [-0.4, -0.2) is 17.1 Å². The number of nitrogens with zero attached hydrogens (tertiary/aromatic N) is 1. The quantitative estimate of drug-likeness (QED) is 0.321. The summed E-state index contributed by atoms with van der Waals surface area (Å²) in [4.78, 5) is 14.2. The van der Waals surface area contributed by atoms with Gasteiger partial charge < -0.3 is 16.8 Å². The first-order valence-electron chi connectivity index (χ1n) is 4.34. The van der Waals surface area contributed by atoms with E-state index in [2.05, 4.69) is 15.6 Å². The molecule has 0 fully saturated rings. The molecule has 0 aliphatic carbocycles. The van der Waals surface area contributed by atoms with Crippen molar-refractivity contribution in [3.63, 3.8) is 0 Å². The molecule has 0 radical (unpaired) electrons. The molecule has 6 nitrogen and oxygen atoms in total. The number of nitrogens with two attached hydrogens (primary N) is 2. The van der Waals surface area contributed by atoms with Gasteiger partial charge in [-0.05, 0) is 24.4 Å². The Labute approximate surface area is 97.7 Å². The summed E-state index contributed by atoms with van der Waals surface area (Å²) in [5.41, 5.74) is 11.0. The highest BCUT2D eigenvalue weighted by Crippen LogP contribution is 2.04. The molecule has 0 aliphatic rings. The van der Waals surface area contributed by atoms with Gasteiger partial charge in [-0.25, -0.2) is 4.79 Å². The van der Waals surface area contributed by atoms with Crippen LogP contribution >= 0.6 is 12.2 Å². The van der Waals surface area contributed by atoms with Crippen LogP contribution in [0.1, 0.15) is 0 Å². The van der Waals surface area contributed by atoms with Crippen LogP contribution in [0.3, 0.4) is 0 Å². The van der Waals surface area contributed by atoms with Crippen LogP contribution in [0.15, 0.2) is 35.3 Å². The molecule has 0 saturated heterocycles. The van der Waals surface area contributed by atoms with Crippen LogP contribution in [0.5, 0.6) is 0 Å². The van der Waals surface area contributed by atoms with Crippen molar-refractivity contribution >= 4 is 35.0 Å². The van der Waals surface area contributed by atoms with Gasteiger partial charge >= 0.3 is 6.03 Å². The first-order chi connectivity index (χ1) is 7.58. The summed E-state index contributed by atoms with van der Waals surface area (Å²) in [5, 5.41) is 5.05. The number of amides is 2. The Hall–Kier alpha value is -2.15. The second kappa shape index (κ2) is 5.66. The highest BCUT2D eigenvalue weighted by atomic mass is 32.1. The Morgan fingerprint density at radius 1 is 1.25 bits per heavy atom. The molecule has 16 heavy (non-hydrogen) atoms. The van der Waals surface area contributed by atoms with Gasteiger partial charge in [-0.1, -0.05) is 18.2 Å². The molecular weight excluding hydrogens is 226 g/mol. The Morgan fingerprint density at radius 3 is 2.44 bits per heavy atom. The van der Waals surface area contributed by atoms with Crippen molar-refractivity contribution in [2.45, 2.75) is 0 Å². The number of thiocarbonyl (C=S) groups is 1. The summed E-state index contributed by atoms with van der Waals surface area (Å²) >= 11 is 4.89. The highest BCUT2D eigenvalue weighted by molar-refractivity contribution is 7.80. The molecule has 0 unspecified atom stereocenters. The molecule has 0 spiro atoms. The lowest BCUT2D eigenvalue weighted by Crippen LogP contribution is -2.40. The average Bonchev–Trinajstić information content (AvgIpc) is 2.17. The summed E-state index contributed by atoms with van der Waals surface area (Å²) in [6.07, 6.45) is 0. The van der Waals surface area contributed by atoms with Crippen molar-refractivity contribution in [2.24, 2.45) is 16.5 Å². The van der Waals surface area contributed by atoms with E-state index in [1.165, 1.54) is 0 Å². The van der Waals surface area contributed by atoms with Crippen LogP contribution in [0.25, 0.3) is 0 Å². The number of urea groups is 1. The lowest BCUT2D eigenvalue weighted by atomic mass is 10.3. The predicted octanol–water partition coefficient (Wildman–Crippen LogP) is 0.366. The van der Waals surface area contributed by atoms with Crippen LogP contribution < -0.4 is 22.1 Å². The number of hydrogen-bond donors (Lipinski definition) is 4. The Kier molecular flexibility index (Phi) is 4.22. The molecule has 1 rings (SSSR count). The second-order valence-corrected chi connectivity index (χ2v) is 3.17.